The first-order valence-corrected chi connectivity index (χ1v) is 8.90. The second kappa shape index (κ2) is 6.52. The molecule has 25 heavy (non-hydrogen) atoms. The molecule has 2 heterocycles. The van der Waals surface area contributed by atoms with Crippen LogP contribution < -0.4 is 5.32 Å². The second-order valence-electron chi connectivity index (χ2n) is 6.75. The van der Waals surface area contributed by atoms with E-state index in [2.05, 4.69) is 30.4 Å². The van der Waals surface area contributed by atoms with Crippen LogP contribution in [0.3, 0.4) is 0 Å². The topological polar surface area (TPSA) is 47.6 Å². The Morgan fingerprint density at radius 1 is 1.24 bits per heavy atom. The lowest BCUT2D eigenvalue weighted by Gasteiger charge is -2.36. The maximum Gasteiger partial charge on any atom is 0.337 e. The zero-order valence-corrected chi connectivity index (χ0v) is 14.6. The highest BCUT2D eigenvalue weighted by Crippen LogP contribution is 2.50. The number of carbonyl (C=O) groups excluding carboxylic acids is 1. The molecular formula is C21H23NO3. The van der Waals surface area contributed by atoms with Crippen molar-refractivity contribution < 1.29 is 14.3 Å². The molecule has 4 nitrogen and oxygen atoms in total. The monoisotopic (exact) mass is 337 g/mol. The van der Waals surface area contributed by atoms with Crippen LogP contribution in [0.5, 0.6) is 0 Å². The Balaban J connectivity index is 1.67. The Labute approximate surface area is 148 Å². The third-order valence-corrected chi connectivity index (χ3v) is 5.40. The van der Waals surface area contributed by atoms with E-state index in [1.807, 2.05) is 24.3 Å². The lowest BCUT2D eigenvalue weighted by atomic mass is 9.80. The number of methoxy groups -OCH3 is 1. The molecule has 0 radical (unpaired) electrons. The lowest BCUT2D eigenvalue weighted by Crippen LogP contribution is -2.29. The van der Waals surface area contributed by atoms with Gasteiger partial charge >= 0.3 is 5.97 Å². The first kappa shape index (κ1) is 16.2. The van der Waals surface area contributed by atoms with Crippen LogP contribution in [0.15, 0.2) is 42.5 Å². The zero-order chi connectivity index (χ0) is 17.4. The van der Waals surface area contributed by atoms with Crippen molar-refractivity contribution in [2.75, 3.05) is 19.0 Å². The van der Waals surface area contributed by atoms with Gasteiger partial charge in [-0.2, -0.15) is 0 Å². The Bertz CT molecular complexity index is 784. The van der Waals surface area contributed by atoms with E-state index in [-0.39, 0.29) is 18.1 Å². The Morgan fingerprint density at radius 3 is 2.76 bits per heavy atom. The van der Waals surface area contributed by atoms with Gasteiger partial charge in [0.25, 0.3) is 0 Å². The van der Waals surface area contributed by atoms with Gasteiger partial charge in [-0.15, -0.1) is 0 Å². The van der Waals surface area contributed by atoms with Crippen LogP contribution in [0.2, 0.25) is 0 Å². The number of ether oxygens (including phenoxy) is 2. The summed E-state index contributed by atoms with van der Waals surface area (Å²) >= 11 is 0. The largest absolute Gasteiger partial charge is 0.465 e. The highest BCUT2D eigenvalue weighted by atomic mass is 16.5. The number of nitrogens with one attached hydrogen (secondary N) is 1. The van der Waals surface area contributed by atoms with E-state index in [9.17, 15) is 4.79 Å². The predicted octanol–water partition coefficient (Wildman–Crippen LogP) is 4.28. The summed E-state index contributed by atoms with van der Waals surface area (Å²) < 4.78 is 10.9. The molecule has 3 atom stereocenters. The molecule has 2 aromatic rings. The van der Waals surface area contributed by atoms with Crippen LogP contribution in [0, 0.1) is 5.92 Å². The molecule has 4 heteroatoms. The Kier molecular flexibility index (Phi) is 4.22. The molecule has 2 aliphatic rings. The zero-order valence-electron chi connectivity index (χ0n) is 14.6. The summed E-state index contributed by atoms with van der Waals surface area (Å²) in [6.07, 6.45) is 2.22. The molecule has 0 aliphatic carbocycles. The minimum Gasteiger partial charge on any atom is -0.465 e. The number of benzene rings is 2. The summed E-state index contributed by atoms with van der Waals surface area (Å²) in [6, 6.07) is 14.5. The van der Waals surface area contributed by atoms with Crippen molar-refractivity contribution >= 4 is 11.7 Å². The molecule has 0 spiro atoms. The van der Waals surface area contributed by atoms with E-state index in [1.54, 1.807) is 0 Å². The Morgan fingerprint density at radius 2 is 2.04 bits per heavy atom. The molecule has 2 aliphatic heterocycles. The van der Waals surface area contributed by atoms with Crippen molar-refractivity contribution in [2.45, 2.75) is 31.9 Å². The number of fused-ring (bicyclic) bond motifs is 3. The van der Waals surface area contributed by atoms with Crippen molar-refractivity contribution in [1.29, 1.82) is 0 Å². The molecule has 4 rings (SSSR count). The highest BCUT2D eigenvalue weighted by molar-refractivity contribution is 5.89. The molecule has 130 valence electrons. The van der Waals surface area contributed by atoms with Crippen molar-refractivity contribution in [2.24, 2.45) is 5.92 Å². The molecule has 2 aromatic carbocycles. The standard InChI is InChI=1S/C21H23NO3/c1-3-13-4-9-18-17(12-13)20-16(10-11-25-20)19(22-18)14-5-7-15(8-6-14)21(23)24-2/h4-9,12,16,19-20,22H,3,10-11H2,1-2H3/t16-,19+,20-/m0/s1. The normalized spacial score (nSPS) is 24.2. The first-order chi connectivity index (χ1) is 12.2. The van der Waals surface area contributed by atoms with Crippen LogP contribution in [0.25, 0.3) is 0 Å². The minimum absolute atomic E-state index is 0.146. The average molecular weight is 337 g/mol. The van der Waals surface area contributed by atoms with Gasteiger partial charge in [0.05, 0.1) is 24.8 Å². The molecular weight excluding hydrogens is 314 g/mol. The maximum absolute atomic E-state index is 11.6. The van der Waals surface area contributed by atoms with Gasteiger partial charge in [0.15, 0.2) is 0 Å². The van der Waals surface area contributed by atoms with Crippen molar-refractivity contribution in [3.05, 3.63) is 64.7 Å². The van der Waals surface area contributed by atoms with Crippen molar-refractivity contribution in [1.82, 2.24) is 0 Å². The number of esters is 1. The van der Waals surface area contributed by atoms with Crippen LogP contribution in [0.1, 0.15) is 52.5 Å². The third-order valence-electron chi connectivity index (χ3n) is 5.40. The molecule has 1 fully saturated rings. The quantitative estimate of drug-likeness (QED) is 0.849. The van der Waals surface area contributed by atoms with Gasteiger partial charge in [0, 0.05) is 23.8 Å². The maximum atomic E-state index is 11.6. The summed E-state index contributed by atoms with van der Waals surface area (Å²) in [5.74, 6) is 0.103. The summed E-state index contributed by atoms with van der Waals surface area (Å²) in [6.45, 7) is 2.97. The van der Waals surface area contributed by atoms with Gasteiger partial charge in [0.1, 0.15) is 0 Å². The van der Waals surface area contributed by atoms with E-state index >= 15 is 0 Å². The number of rotatable bonds is 3. The van der Waals surface area contributed by atoms with E-state index < -0.39 is 0 Å². The minimum atomic E-state index is -0.303. The van der Waals surface area contributed by atoms with Crippen molar-refractivity contribution in [3.63, 3.8) is 0 Å². The third kappa shape index (κ3) is 2.81. The van der Waals surface area contributed by atoms with Gasteiger partial charge in [-0.05, 0) is 42.2 Å². The van der Waals surface area contributed by atoms with E-state index in [4.69, 9.17) is 9.47 Å². The average Bonchev–Trinajstić information content (AvgIpc) is 3.16. The summed E-state index contributed by atoms with van der Waals surface area (Å²) in [5.41, 5.74) is 5.54. The molecule has 0 amide bonds. The van der Waals surface area contributed by atoms with Crippen molar-refractivity contribution in [3.8, 4) is 0 Å². The number of aryl methyl sites for hydroxylation is 1. The molecule has 0 aromatic heterocycles. The molecule has 1 saturated heterocycles. The molecule has 0 unspecified atom stereocenters. The molecule has 0 bridgehead atoms. The van der Waals surface area contributed by atoms with E-state index in [0.29, 0.717) is 11.5 Å². The van der Waals surface area contributed by atoms with E-state index in [1.165, 1.54) is 23.8 Å². The smallest absolute Gasteiger partial charge is 0.337 e. The van der Waals surface area contributed by atoms with Gasteiger partial charge in [0.2, 0.25) is 0 Å². The lowest BCUT2D eigenvalue weighted by molar-refractivity contribution is 0.0600. The molecule has 1 N–H and O–H groups in total. The summed E-state index contributed by atoms with van der Waals surface area (Å²) in [7, 11) is 1.40. The van der Waals surface area contributed by atoms with Gasteiger partial charge in [-0.3, -0.25) is 0 Å². The van der Waals surface area contributed by atoms with Gasteiger partial charge in [-0.1, -0.05) is 31.2 Å². The van der Waals surface area contributed by atoms with Gasteiger partial charge < -0.3 is 14.8 Å². The summed E-state index contributed by atoms with van der Waals surface area (Å²) in [5, 5.41) is 3.70. The highest BCUT2D eigenvalue weighted by Gasteiger charge is 2.41. The van der Waals surface area contributed by atoms with Crippen LogP contribution in [-0.4, -0.2) is 19.7 Å². The van der Waals surface area contributed by atoms with Gasteiger partial charge in [-0.25, -0.2) is 4.79 Å². The fraction of sp³-hybridized carbons (Fsp3) is 0.381. The van der Waals surface area contributed by atoms with Crippen LogP contribution in [-0.2, 0) is 15.9 Å². The van der Waals surface area contributed by atoms with E-state index in [0.717, 1.165) is 25.1 Å². The Hall–Kier alpha value is -2.33. The van der Waals surface area contributed by atoms with Crippen LogP contribution in [0.4, 0.5) is 5.69 Å². The summed E-state index contributed by atoms with van der Waals surface area (Å²) in [4.78, 5) is 11.6. The number of anilines is 1. The molecule has 0 saturated carbocycles. The number of carbonyl (C=O) groups is 1. The fourth-order valence-electron chi connectivity index (χ4n) is 4.02. The first-order valence-electron chi connectivity index (χ1n) is 8.90. The number of hydrogen-bond acceptors (Lipinski definition) is 4. The fourth-order valence-corrected chi connectivity index (χ4v) is 4.02. The second-order valence-corrected chi connectivity index (χ2v) is 6.75. The predicted molar refractivity (Wildman–Crippen MR) is 96.8 cm³/mol. The van der Waals surface area contributed by atoms with Crippen LogP contribution >= 0.6 is 0 Å². The number of hydrogen-bond donors (Lipinski definition) is 1. The SMILES string of the molecule is CCc1ccc2c(c1)[C@H]1OCC[C@H]1[C@@H](c1ccc(C(=O)OC)cc1)N2.